The Labute approximate surface area is 202 Å². The summed E-state index contributed by atoms with van der Waals surface area (Å²) in [4.78, 5) is 2.66. The molecular weight excluding hydrogens is 519 g/mol. The van der Waals surface area contributed by atoms with E-state index in [1.54, 1.807) is 17.5 Å². The molecule has 2 aliphatic rings. The van der Waals surface area contributed by atoms with Crippen LogP contribution in [0.5, 0.6) is 0 Å². The molecule has 0 saturated carbocycles. The molecule has 0 amide bonds. The first-order valence-electron chi connectivity index (χ1n) is 9.91. The maximum Gasteiger partial charge on any atom is 0.380 e. The van der Waals surface area contributed by atoms with Gasteiger partial charge in [-0.25, -0.2) is 0 Å². The van der Waals surface area contributed by atoms with E-state index >= 15 is 17.6 Å². The zero-order valence-electron chi connectivity index (χ0n) is 17.2. The van der Waals surface area contributed by atoms with Crippen LogP contribution >= 0.6 is 45.8 Å². The quantitative estimate of drug-likeness (QED) is 0.300. The molecule has 0 fully saturated rings. The normalized spacial score (nSPS) is 23.1. The summed E-state index contributed by atoms with van der Waals surface area (Å²) in [5.74, 6) is -15.6. The van der Waals surface area contributed by atoms with Crippen molar-refractivity contribution in [2.45, 2.75) is 43.3 Å². The van der Waals surface area contributed by atoms with Gasteiger partial charge in [-0.05, 0) is 60.4 Å². The number of allylic oxidation sites excluding steroid dienone is 3. The van der Waals surface area contributed by atoms with Crippen LogP contribution in [-0.2, 0) is 0 Å². The summed E-state index contributed by atoms with van der Waals surface area (Å²) in [6.07, 6.45) is 2.61. The van der Waals surface area contributed by atoms with Gasteiger partial charge in [0.15, 0.2) is 0 Å². The molecule has 1 aliphatic heterocycles. The van der Waals surface area contributed by atoms with Crippen molar-refractivity contribution in [3.63, 3.8) is 0 Å². The highest BCUT2D eigenvalue weighted by Crippen LogP contribution is 2.66. The standard InChI is InChI=1S/C23H16F6S4/c1-11-13(9-17(32-11)15-5-3-7-30-15)19-20(22(26,27)23(28,29)21(19,24)25)14-10-18(33-12(14)2)16-6-4-8-31-16/h3-5,7-10,16H,6H2,1-2H3. The van der Waals surface area contributed by atoms with Gasteiger partial charge in [0, 0.05) is 40.8 Å². The number of hydrogen-bond acceptors (Lipinski definition) is 4. The van der Waals surface area contributed by atoms with E-state index in [0.717, 1.165) is 16.2 Å². The maximum absolute atomic E-state index is 15.2. The second-order valence-electron chi connectivity index (χ2n) is 7.88. The van der Waals surface area contributed by atoms with Crippen LogP contribution in [0.25, 0.3) is 20.9 Å². The van der Waals surface area contributed by atoms with Gasteiger partial charge < -0.3 is 0 Å². The van der Waals surface area contributed by atoms with Crippen molar-refractivity contribution in [3.05, 3.63) is 66.9 Å². The molecule has 10 heteroatoms. The Morgan fingerprint density at radius 1 is 0.848 bits per heavy atom. The van der Waals surface area contributed by atoms with Crippen molar-refractivity contribution in [2.75, 3.05) is 0 Å². The Balaban J connectivity index is 1.76. The Kier molecular flexibility index (Phi) is 5.47. The first-order valence-corrected chi connectivity index (χ1v) is 13.4. The highest BCUT2D eigenvalue weighted by Gasteiger charge is 2.80. The van der Waals surface area contributed by atoms with Crippen LogP contribution < -0.4 is 0 Å². The minimum absolute atomic E-state index is 0.0316. The SMILES string of the molecule is Cc1sc(-c2cccs2)cc1C1=C(c2cc(C3CC=CS3)sc2C)C(F)(F)C(F)(F)C1(F)F. The molecule has 0 bridgehead atoms. The highest BCUT2D eigenvalue weighted by atomic mass is 32.2. The number of halogens is 6. The van der Waals surface area contributed by atoms with Crippen LogP contribution in [0.3, 0.4) is 0 Å². The lowest BCUT2D eigenvalue weighted by atomic mass is 9.95. The zero-order chi connectivity index (χ0) is 23.8. The molecule has 0 nitrogen and oxygen atoms in total. The number of rotatable bonds is 4. The van der Waals surface area contributed by atoms with Crippen molar-refractivity contribution in [2.24, 2.45) is 0 Å². The summed E-state index contributed by atoms with van der Waals surface area (Å²) in [7, 11) is 0. The molecule has 0 spiro atoms. The van der Waals surface area contributed by atoms with Gasteiger partial charge in [0.05, 0.1) is 0 Å². The molecule has 0 aromatic carbocycles. The first kappa shape index (κ1) is 23.3. The number of hydrogen-bond donors (Lipinski definition) is 0. The molecule has 1 unspecified atom stereocenters. The van der Waals surface area contributed by atoms with Crippen molar-refractivity contribution in [3.8, 4) is 9.75 Å². The van der Waals surface area contributed by atoms with Gasteiger partial charge in [-0.2, -0.15) is 26.3 Å². The predicted octanol–water partition coefficient (Wildman–Crippen LogP) is 9.68. The first-order chi connectivity index (χ1) is 15.5. The second-order valence-corrected chi connectivity index (χ2v) is 12.5. The van der Waals surface area contributed by atoms with E-state index in [1.165, 1.54) is 60.4 Å². The lowest BCUT2D eigenvalue weighted by molar-refractivity contribution is -0.254. The fraction of sp³-hybridized carbons (Fsp3) is 0.304. The number of alkyl halides is 6. The van der Waals surface area contributed by atoms with E-state index in [1.807, 2.05) is 11.5 Å². The number of thiophene rings is 3. The largest absolute Gasteiger partial charge is 0.380 e. The molecule has 0 N–H and O–H groups in total. The fourth-order valence-electron chi connectivity index (χ4n) is 4.18. The average Bonchev–Trinajstić information content (AvgIpc) is 3.53. The Hall–Kier alpha value is -1.49. The van der Waals surface area contributed by atoms with Gasteiger partial charge in [0.25, 0.3) is 0 Å². The van der Waals surface area contributed by atoms with Gasteiger partial charge in [-0.1, -0.05) is 12.1 Å². The molecule has 174 valence electrons. The van der Waals surface area contributed by atoms with Crippen molar-refractivity contribution >= 4 is 56.9 Å². The van der Waals surface area contributed by atoms with Crippen LogP contribution in [0.2, 0.25) is 0 Å². The fourth-order valence-corrected chi connectivity index (χ4v) is 8.21. The van der Waals surface area contributed by atoms with E-state index in [2.05, 4.69) is 0 Å². The molecule has 33 heavy (non-hydrogen) atoms. The zero-order valence-corrected chi connectivity index (χ0v) is 20.5. The summed E-state index contributed by atoms with van der Waals surface area (Å²) in [6.45, 7) is 3.02. The molecule has 1 aliphatic carbocycles. The topological polar surface area (TPSA) is 0 Å². The Morgan fingerprint density at radius 3 is 2.06 bits per heavy atom. The maximum atomic E-state index is 15.2. The smallest absolute Gasteiger partial charge is 0.194 e. The molecule has 3 aromatic heterocycles. The Bertz CT molecular complexity index is 1270. The molecular formula is C23H16F6S4. The van der Waals surface area contributed by atoms with Crippen molar-refractivity contribution < 1.29 is 26.3 Å². The van der Waals surface area contributed by atoms with Crippen molar-refractivity contribution in [1.82, 2.24) is 0 Å². The second kappa shape index (κ2) is 7.76. The van der Waals surface area contributed by atoms with Crippen molar-refractivity contribution in [1.29, 1.82) is 0 Å². The van der Waals surface area contributed by atoms with Crippen LogP contribution in [0.1, 0.15) is 37.4 Å². The lowest BCUT2D eigenvalue weighted by Gasteiger charge is -2.25. The summed E-state index contributed by atoms with van der Waals surface area (Å²) < 4.78 is 90.1. The number of thioether (sulfide) groups is 1. The molecule has 3 aromatic rings. The van der Waals surface area contributed by atoms with Gasteiger partial charge >= 0.3 is 17.8 Å². The van der Waals surface area contributed by atoms with Gasteiger partial charge in [0.1, 0.15) is 0 Å². The minimum atomic E-state index is -5.54. The third kappa shape index (κ3) is 3.31. The van der Waals surface area contributed by atoms with Crippen LogP contribution in [-0.4, -0.2) is 17.8 Å². The predicted molar refractivity (Wildman–Crippen MR) is 127 cm³/mol. The van der Waals surface area contributed by atoms with Gasteiger partial charge in [0.2, 0.25) is 0 Å². The van der Waals surface area contributed by atoms with E-state index in [0.29, 0.717) is 25.9 Å². The summed E-state index contributed by atoms with van der Waals surface area (Å²) in [6, 6.07) is 6.28. The highest BCUT2D eigenvalue weighted by molar-refractivity contribution is 8.02. The third-order valence-corrected chi connectivity index (χ3v) is 10.4. The summed E-state index contributed by atoms with van der Waals surface area (Å²) >= 11 is 5.18. The van der Waals surface area contributed by atoms with Crippen LogP contribution in [0, 0.1) is 13.8 Å². The van der Waals surface area contributed by atoms with Gasteiger partial charge in [-0.15, -0.1) is 45.8 Å². The van der Waals surface area contributed by atoms with E-state index in [4.69, 9.17) is 0 Å². The lowest BCUT2D eigenvalue weighted by Crippen LogP contribution is -2.48. The van der Waals surface area contributed by atoms with Gasteiger partial charge in [-0.3, -0.25) is 0 Å². The molecule has 5 rings (SSSR count). The summed E-state index contributed by atoms with van der Waals surface area (Å²) in [5, 5.41) is 3.65. The Morgan fingerprint density at radius 2 is 1.48 bits per heavy atom. The van der Waals surface area contributed by atoms with E-state index < -0.39 is 28.9 Å². The third-order valence-electron chi connectivity index (χ3n) is 5.83. The van der Waals surface area contributed by atoms with Crippen LogP contribution in [0.15, 0.2) is 41.1 Å². The van der Waals surface area contributed by atoms with Crippen LogP contribution in [0.4, 0.5) is 26.3 Å². The molecule has 1 atom stereocenters. The molecule has 4 heterocycles. The molecule has 0 saturated heterocycles. The average molecular weight is 535 g/mol. The van der Waals surface area contributed by atoms with E-state index in [9.17, 15) is 8.78 Å². The minimum Gasteiger partial charge on any atom is -0.194 e. The van der Waals surface area contributed by atoms with E-state index in [-0.39, 0.29) is 16.4 Å². The summed E-state index contributed by atoms with van der Waals surface area (Å²) in [5.41, 5.74) is -2.99. The monoisotopic (exact) mass is 534 g/mol. The number of aryl methyl sites for hydroxylation is 2. The molecule has 0 radical (unpaired) electrons.